The number of imidazole rings is 1. The van der Waals surface area contributed by atoms with Gasteiger partial charge in [-0.2, -0.15) is 0 Å². The van der Waals surface area contributed by atoms with Crippen LogP contribution in [0.5, 0.6) is 0 Å². The number of fused-ring (bicyclic) bond motifs is 1. The molecule has 0 atom stereocenters. The van der Waals surface area contributed by atoms with Gasteiger partial charge in [-0.25, -0.2) is 17.8 Å². The number of rotatable bonds is 5. The summed E-state index contributed by atoms with van der Waals surface area (Å²) >= 11 is 12.5. The summed E-state index contributed by atoms with van der Waals surface area (Å²) in [6.45, 7) is -0.221. The van der Waals surface area contributed by atoms with Gasteiger partial charge in [0, 0.05) is 11.8 Å². The third-order valence-electron chi connectivity index (χ3n) is 4.79. The molecule has 0 aliphatic heterocycles. The lowest BCUT2D eigenvalue weighted by molar-refractivity contribution is -0.116. The molecule has 0 radical (unpaired) electrons. The van der Waals surface area contributed by atoms with Gasteiger partial charge in [0.15, 0.2) is 9.84 Å². The molecule has 1 aromatic heterocycles. The number of aromatic nitrogens is 2. The highest BCUT2D eigenvalue weighted by Crippen LogP contribution is 2.34. The van der Waals surface area contributed by atoms with E-state index in [1.807, 2.05) is 6.07 Å². The fourth-order valence-electron chi connectivity index (χ4n) is 3.28. The average Bonchev–Trinajstić information content (AvgIpc) is 3.09. The van der Waals surface area contributed by atoms with E-state index in [1.165, 1.54) is 0 Å². The van der Waals surface area contributed by atoms with Crippen molar-refractivity contribution in [3.8, 4) is 11.4 Å². The fraction of sp³-hybridized carbons (Fsp3) is 0.0909. The molecule has 10 heteroatoms. The van der Waals surface area contributed by atoms with Crippen molar-refractivity contribution >= 4 is 55.7 Å². The van der Waals surface area contributed by atoms with Gasteiger partial charge in [-0.05, 0) is 42.5 Å². The Kier molecular flexibility index (Phi) is 5.94. The van der Waals surface area contributed by atoms with Crippen LogP contribution in [0.15, 0.2) is 65.6 Å². The van der Waals surface area contributed by atoms with Crippen LogP contribution in [0, 0.1) is 5.82 Å². The molecule has 164 valence electrons. The molecule has 6 nitrogen and oxygen atoms in total. The summed E-state index contributed by atoms with van der Waals surface area (Å²) in [4.78, 5) is 17.3. The van der Waals surface area contributed by atoms with E-state index in [1.54, 1.807) is 41.0 Å². The normalized spacial score (nSPS) is 11.6. The van der Waals surface area contributed by atoms with E-state index in [-0.39, 0.29) is 22.2 Å². The third kappa shape index (κ3) is 4.34. The maximum absolute atomic E-state index is 14.2. The van der Waals surface area contributed by atoms with Gasteiger partial charge in [0.1, 0.15) is 18.2 Å². The summed E-state index contributed by atoms with van der Waals surface area (Å²) in [6.07, 6.45) is 1.00. The number of nitrogens with zero attached hydrogens (tertiary/aromatic N) is 2. The second kappa shape index (κ2) is 8.54. The predicted molar refractivity (Wildman–Crippen MR) is 123 cm³/mol. The van der Waals surface area contributed by atoms with E-state index in [0.717, 1.165) is 24.5 Å². The van der Waals surface area contributed by atoms with Crippen molar-refractivity contribution in [2.24, 2.45) is 0 Å². The van der Waals surface area contributed by atoms with Crippen LogP contribution in [0.1, 0.15) is 0 Å². The first-order chi connectivity index (χ1) is 15.1. The number of benzene rings is 3. The number of hydrogen-bond donors (Lipinski definition) is 1. The second-order valence-corrected chi connectivity index (χ2v) is 9.87. The average molecular weight is 492 g/mol. The highest BCUT2D eigenvalue weighted by atomic mass is 35.5. The SMILES string of the molecule is CS(=O)(=O)c1ccc(F)c(NC(=O)Cn2c(-c3cccc(Cl)c3Cl)nc3ccccc32)c1. The van der Waals surface area contributed by atoms with Gasteiger partial charge in [0.2, 0.25) is 5.91 Å². The minimum atomic E-state index is -3.57. The molecule has 0 aliphatic carbocycles. The maximum atomic E-state index is 14.2. The second-order valence-electron chi connectivity index (χ2n) is 7.07. The van der Waals surface area contributed by atoms with Crippen LogP contribution in [0.3, 0.4) is 0 Å². The molecule has 0 aliphatic rings. The van der Waals surface area contributed by atoms with Crippen molar-refractivity contribution in [3.05, 3.63) is 76.5 Å². The Bertz CT molecular complexity index is 1470. The molecule has 1 heterocycles. The Balaban J connectivity index is 1.74. The smallest absolute Gasteiger partial charge is 0.244 e. The predicted octanol–water partition coefficient (Wildman–Crippen LogP) is 5.19. The number of carbonyl (C=O) groups is 1. The number of nitrogens with one attached hydrogen (secondary N) is 1. The van der Waals surface area contributed by atoms with E-state index < -0.39 is 21.6 Å². The van der Waals surface area contributed by atoms with Crippen molar-refractivity contribution in [1.82, 2.24) is 9.55 Å². The standard InChI is InChI=1S/C22H16Cl2FN3O3S/c1-32(30,31)13-9-10-16(25)18(11-13)26-20(29)12-28-19-8-3-2-7-17(19)27-22(28)14-5-4-6-15(23)21(14)24/h2-11H,12H2,1H3,(H,26,29). The molecule has 0 spiro atoms. The number of anilines is 1. The van der Waals surface area contributed by atoms with Crippen LogP contribution in [0.4, 0.5) is 10.1 Å². The molecule has 0 fully saturated rings. The summed E-state index contributed by atoms with van der Waals surface area (Å²) in [5, 5.41) is 3.07. The van der Waals surface area contributed by atoms with Crippen LogP contribution in [0.25, 0.3) is 22.4 Å². The Morgan fingerprint density at radius 3 is 2.59 bits per heavy atom. The zero-order chi connectivity index (χ0) is 23.0. The number of para-hydroxylation sites is 2. The summed E-state index contributed by atoms with van der Waals surface area (Å²) in [5.41, 5.74) is 1.61. The molecule has 1 N–H and O–H groups in total. The Morgan fingerprint density at radius 2 is 1.84 bits per heavy atom. The molecule has 0 saturated carbocycles. The molecule has 0 unspecified atom stereocenters. The van der Waals surface area contributed by atoms with Gasteiger partial charge >= 0.3 is 0 Å². The molecule has 0 saturated heterocycles. The van der Waals surface area contributed by atoms with Gasteiger partial charge in [0.25, 0.3) is 0 Å². The summed E-state index contributed by atoms with van der Waals surface area (Å²) < 4.78 is 39.4. The van der Waals surface area contributed by atoms with E-state index in [9.17, 15) is 17.6 Å². The van der Waals surface area contributed by atoms with Crippen molar-refractivity contribution in [2.75, 3.05) is 11.6 Å². The number of carbonyl (C=O) groups excluding carboxylic acids is 1. The molecular weight excluding hydrogens is 476 g/mol. The van der Waals surface area contributed by atoms with Crippen LogP contribution in [-0.4, -0.2) is 30.1 Å². The molecule has 4 aromatic rings. The minimum Gasteiger partial charge on any atom is -0.322 e. The first-order valence-corrected chi connectivity index (χ1v) is 12.0. The van der Waals surface area contributed by atoms with E-state index >= 15 is 0 Å². The van der Waals surface area contributed by atoms with Crippen molar-refractivity contribution in [1.29, 1.82) is 0 Å². The molecule has 3 aromatic carbocycles. The van der Waals surface area contributed by atoms with Gasteiger partial charge < -0.3 is 9.88 Å². The fourth-order valence-corrected chi connectivity index (χ4v) is 4.31. The maximum Gasteiger partial charge on any atom is 0.244 e. The Labute approximate surface area is 193 Å². The van der Waals surface area contributed by atoms with Crippen LogP contribution in [0.2, 0.25) is 10.0 Å². The first-order valence-electron chi connectivity index (χ1n) is 9.34. The molecule has 1 amide bonds. The summed E-state index contributed by atoms with van der Waals surface area (Å²) in [5.74, 6) is -0.907. The first kappa shape index (κ1) is 22.3. The molecular formula is C22H16Cl2FN3O3S. The summed E-state index contributed by atoms with van der Waals surface area (Å²) in [6, 6.07) is 15.5. The number of sulfone groups is 1. The van der Waals surface area contributed by atoms with E-state index in [4.69, 9.17) is 23.2 Å². The van der Waals surface area contributed by atoms with Gasteiger partial charge in [-0.3, -0.25) is 4.79 Å². The van der Waals surface area contributed by atoms with Crippen LogP contribution >= 0.6 is 23.2 Å². The lowest BCUT2D eigenvalue weighted by atomic mass is 10.2. The zero-order valence-corrected chi connectivity index (χ0v) is 19.0. The lowest BCUT2D eigenvalue weighted by Gasteiger charge is -2.12. The van der Waals surface area contributed by atoms with Crippen LogP contribution in [-0.2, 0) is 21.2 Å². The van der Waals surface area contributed by atoms with Crippen molar-refractivity contribution < 1.29 is 17.6 Å². The number of hydrogen-bond acceptors (Lipinski definition) is 4. The van der Waals surface area contributed by atoms with E-state index in [2.05, 4.69) is 10.3 Å². The highest BCUT2D eigenvalue weighted by molar-refractivity contribution is 7.90. The van der Waals surface area contributed by atoms with Gasteiger partial charge in [0.05, 0.1) is 31.7 Å². The third-order valence-corrected chi connectivity index (χ3v) is 6.72. The largest absolute Gasteiger partial charge is 0.322 e. The molecule has 32 heavy (non-hydrogen) atoms. The lowest BCUT2D eigenvalue weighted by Crippen LogP contribution is -2.20. The number of amides is 1. The summed E-state index contributed by atoms with van der Waals surface area (Å²) in [7, 11) is -3.57. The Morgan fingerprint density at radius 1 is 1.09 bits per heavy atom. The minimum absolute atomic E-state index is 0.103. The highest BCUT2D eigenvalue weighted by Gasteiger charge is 2.19. The quantitative estimate of drug-likeness (QED) is 0.389. The monoisotopic (exact) mass is 491 g/mol. The van der Waals surface area contributed by atoms with Crippen LogP contribution < -0.4 is 5.32 Å². The molecule has 0 bridgehead atoms. The van der Waals surface area contributed by atoms with Gasteiger partial charge in [-0.15, -0.1) is 0 Å². The van der Waals surface area contributed by atoms with E-state index in [0.29, 0.717) is 27.4 Å². The Hall–Kier alpha value is -2.94. The number of halogens is 3. The van der Waals surface area contributed by atoms with Crippen molar-refractivity contribution in [3.63, 3.8) is 0 Å². The molecule has 4 rings (SSSR count). The van der Waals surface area contributed by atoms with Crippen molar-refractivity contribution in [2.45, 2.75) is 11.4 Å². The van der Waals surface area contributed by atoms with Gasteiger partial charge in [-0.1, -0.05) is 41.4 Å². The zero-order valence-electron chi connectivity index (χ0n) is 16.6. The topological polar surface area (TPSA) is 81.1 Å².